The Morgan fingerprint density at radius 2 is 1.94 bits per heavy atom. The van der Waals surface area contributed by atoms with Crippen molar-refractivity contribution in [3.05, 3.63) is 0 Å². The number of hydrogen-bond acceptors (Lipinski definition) is 3. The molecule has 0 radical (unpaired) electrons. The molecule has 1 amide bonds. The van der Waals surface area contributed by atoms with E-state index in [4.69, 9.17) is 10.8 Å². The molecule has 98 valence electrons. The summed E-state index contributed by atoms with van der Waals surface area (Å²) in [6, 6.07) is -0.223. The van der Waals surface area contributed by atoms with E-state index in [1.807, 2.05) is 0 Å². The van der Waals surface area contributed by atoms with Gasteiger partial charge in [-0.1, -0.05) is 20.8 Å². The van der Waals surface area contributed by atoms with Crippen molar-refractivity contribution in [2.45, 2.75) is 58.0 Å². The van der Waals surface area contributed by atoms with E-state index in [0.29, 0.717) is 12.8 Å². The van der Waals surface area contributed by atoms with Gasteiger partial charge in [-0.3, -0.25) is 4.79 Å². The molecular weight excluding hydrogens is 220 g/mol. The van der Waals surface area contributed by atoms with Gasteiger partial charge in [-0.05, 0) is 24.7 Å². The first-order valence-electron chi connectivity index (χ1n) is 5.95. The van der Waals surface area contributed by atoms with Crippen LogP contribution in [0, 0.1) is 5.41 Å². The minimum atomic E-state index is -1.00. The highest BCUT2D eigenvalue weighted by molar-refractivity contribution is 5.89. The number of carbonyl (C=O) groups is 2. The fourth-order valence-corrected chi connectivity index (χ4v) is 1.93. The van der Waals surface area contributed by atoms with Crippen molar-refractivity contribution in [3.8, 4) is 0 Å². The number of carbonyl (C=O) groups excluding carboxylic acids is 1. The molecule has 1 rings (SSSR count). The summed E-state index contributed by atoms with van der Waals surface area (Å²) in [4.78, 5) is 22.5. The van der Waals surface area contributed by atoms with Crippen LogP contribution in [0.15, 0.2) is 0 Å². The monoisotopic (exact) mass is 242 g/mol. The van der Waals surface area contributed by atoms with Gasteiger partial charge in [0, 0.05) is 12.5 Å². The molecule has 0 aromatic rings. The average Bonchev–Trinajstić information content (AvgIpc) is 2.80. The predicted molar refractivity (Wildman–Crippen MR) is 64.4 cm³/mol. The van der Waals surface area contributed by atoms with E-state index < -0.39 is 11.5 Å². The Labute approximate surface area is 102 Å². The van der Waals surface area contributed by atoms with Gasteiger partial charge in [0.1, 0.15) is 5.54 Å². The van der Waals surface area contributed by atoms with E-state index in [0.717, 1.165) is 6.42 Å². The number of nitrogens with one attached hydrogen (secondary N) is 1. The van der Waals surface area contributed by atoms with E-state index in [-0.39, 0.29) is 23.8 Å². The van der Waals surface area contributed by atoms with Crippen molar-refractivity contribution in [1.29, 1.82) is 0 Å². The van der Waals surface area contributed by atoms with Gasteiger partial charge in [0.15, 0.2) is 0 Å². The molecule has 1 unspecified atom stereocenters. The first kappa shape index (κ1) is 14.0. The Morgan fingerprint density at radius 3 is 2.29 bits per heavy atom. The molecule has 5 heteroatoms. The number of hydrogen-bond donors (Lipinski definition) is 3. The number of carboxylic acids is 1. The van der Waals surface area contributed by atoms with E-state index in [1.54, 1.807) is 0 Å². The summed E-state index contributed by atoms with van der Waals surface area (Å²) in [5.41, 5.74) is 4.94. The smallest absolute Gasteiger partial charge is 0.329 e. The molecule has 1 saturated carbocycles. The van der Waals surface area contributed by atoms with Gasteiger partial charge in [-0.25, -0.2) is 4.79 Å². The maximum absolute atomic E-state index is 11.6. The Hall–Kier alpha value is -1.10. The lowest BCUT2D eigenvalue weighted by Crippen LogP contribution is -2.45. The maximum atomic E-state index is 11.6. The van der Waals surface area contributed by atoms with Gasteiger partial charge in [0.25, 0.3) is 0 Å². The Morgan fingerprint density at radius 1 is 1.41 bits per heavy atom. The van der Waals surface area contributed by atoms with Crippen molar-refractivity contribution in [1.82, 2.24) is 5.32 Å². The van der Waals surface area contributed by atoms with Gasteiger partial charge < -0.3 is 16.2 Å². The second-order valence-corrected chi connectivity index (χ2v) is 6.16. The average molecular weight is 242 g/mol. The molecular formula is C12H22N2O3. The first-order chi connectivity index (χ1) is 7.65. The molecule has 1 atom stereocenters. The highest BCUT2D eigenvalue weighted by atomic mass is 16.4. The highest BCUT2D eigenvalue weighted by Gasteiger charge is 2.51. The molecule has 0 saturated heterocycles. The van der Waals surface area contributed by atoms with E-state index in [9.17, 15) is 9.59 Å². The summed E-state index contributed by atoms with van der Waals surface area (Å²) < 4.78 is 0. The lowest BCUT2D eigenvalue weighted by molar-refractivity contribution is -0.143. The molecule has 1 aliphatic rings. The summed E-state index contributed by atoms with van der Waals surface area (Å²) in [7, 11) is 0. The number of rotatable bonds is 5. The van der Waals surface area contributed by atoms with Crippen LogP contribution in [0.25, 0.3) is 0 Å². The van der Waals surface area contributed by atoms with Crippen LogP contribution in [0.2, 0.25) is 0 Å². The molecule has 0 aromatic heterocycles. The van der Waals surface area contributed by atoms with E-state index >= 15 is 0 Å². The number of amides is 1. The topological polar surface area (TPSA) is 92.4 Å². The number of nitrogens with two attached hydrogens (primary N) is 1. The third-order valence-corrected chi connectivity index (χ3v) is 2.86. The first-order valence-corrected chi connectivity index (χ1v) is 5.95. The summed E-state index contributed by atoms with van der Waals surface area (Å²) in [5.74, 6) is -1.21. The van der Waals surface area contributed by atoms with Crippen molar-refractivity contribution in [2.24, 2.45) is 11.1 Å². The molecule has 0 bridgehead atoms. The van der Waals surface area contributed by atoms with Gasteiger partial charge in [-0.2, -0.15) is 0 Å². The zero-order chi connectivity index (χ0) is 13.3. The Balaban J connectivity index is 2.38. The van der Waals surface area contributed by atoms with Crippen LogP contribution in [-0.4, -0.2) is 28.6 Å². The predicted octanol–water partition coefficient (Wildman–Crippen LogP) is 0.873. The van der Waals surface area contributed by atoms with Crippen LogP contribution in [0.3, 0.4) is 0 Å². The summed E-state index contributed by atoms with van der Waals surface area (Å²) in [6.07, 6.45) is 1.96. The van der Waals surface area contributed by atoms with Gasteiger partial charge in [0.2, 0.25) is 5.91 Å². The maximum Gasteiger partial charge on any atom is 0.329 e. The molecule has 1 fully saturated rings. The van der Waals surface area contributed by atoms with Gasteiger partial charge >= 0.3 is 5.97 Å². The molecule has 17 heavy (non-hydrogen) atoms. The minimum absolute atomic E-state index is 0.0732. The highest BCUT2D eigenvalue weighted by Crippen LogP contribution is 2.35. The van der Waals surface area contributed by atoms with Crippen LogP contribution in [0.4, 0.5) is 0 Å². The van der Waals surface area contributed by atoms with Crippen LogP contribution < -0.4 is 11.1 Å². The quantitative estimate of drug-likeness (QED) is 0.667. The lowest BCUT2D eigenvalue weighted by atomic mass is 9.87. The molecule has 0 aromatic carbocycles. The van der Waals surface area contributed by atoms with E-state index in [2.05, 4.69) is 26.1 Å². The standard InChI is InChI=1S/C12H22N2O3/c1-11(2,3)7-8(13)6-9(15)14-12(4-5-12)10(16)17/h8H,4-7,13H2,1-3H3,(H,14,15)(H,16,17). The largest absolute Gasteiger partial charge is 0.480 e. The number of carboxylic acid groups (broad SMARTS) is 1. The lowest BCUT2D eigenvalue weighted by Gasteiger charge is -2.23. The Kier molecular flexibility index (Phi) is 3.81. The third-order valence-electron chi connectivity index (χ3n) is 2.86. The van der Waals surface area contributed by atoms with Crippen LogP contribution in [0.5, 0.6) is 0 Å². The van der Waals surface area contributed by atoms with Crippen molar-refractivity contribution in [2.75, 3.05) is 0 Å². The van der Waals surface area contributed by atoms with Crippen molar-refractivity contribution < 1.29 is 14.7 Å². The van der Waals surface area contributed by atoms with Crippen LogP contribution >= 0.6 is 0 Å². The summed E-state index contributed by atoms with van der Waals surface area (Å²) in [5, 5.41) is 11.5. The third kappa shape index (κ3) is 4.34. The second-order valence-electron chi connectivity index (χ2n) is 6.16. The van der Waals surface area contributed by atoms with Gasteiger partial charge in [-0.15, -0.1) is 0 Å². The van der Waals surface area contributed by atoms with Crippen molar-refractivity contribution >= 4 is 11.9 Å². The fourth-order valence-electron chi connectivity index (χ4n) is 1.93. The Bertz CT molecular complexity index is 316. The van der Waals surface area contributed by atoms with Crippen LogP contribution in [0.1, 0.15) is 46.5 Å². The molecule has 5 nitrogen and oxygen atoms in total. The zero-order valence-electron chi connectivity index (χ0n) is 10.7. The summed E-state index contributed by atoms with van der Waals surface area (Å²) in [6.45, 7) is 6.18. The molecule has 4 N–H and O–H groups in total. The SMILES string of the molecule is CC(C)(C)CC(N)CC(=O)NC1(C(=O)O)CC1. The van der Waals surface area contributed by atoms with Gasteiger partial charge in [0.05, 0.1) is 0 Å². The van der Waals surface area contributed by atoms with E-state index in [1.165, 1.54) is 0 Å². The molecule has 0 heterocycles. The minimum Gasteiger partial charge on any atom is -0.480 e. The zero-order valence-corrected chi connectivity index (χ0v) is 10.7. The second kappa shape index (κ2) is 4.64. The molecule has 0 aliphatic heterocycles. The van der Waals surface area contributed by atoms with Crippen LogP contribution in [-0.2, 0) is 9.59 Å². The number of aliphatic carboxylic acids is 1. The molecule has 0 spiro atoms. The normalized spacial score (nSPS) is 19.5. The molecule has 1 aliphatic carbocycles. The van der Waals surface area contributed by atoms with Crippen molar-refractivity contribution in [3.63, 3.8) is 0 Å². The summed E-state index contributed by atoms with van der Waals surface area (Å²) >= 11 is 0. The fraction of sp³-hybridized carbons (Fsp3) is 0.833.